The number of ether oxygens (including phenoxy) is 1. The number of nitrogens with zero attached hydrogens (tertiary/aromatic N) is 3. The van der Waals surface area contributed by atoms with Gasteiger partial charge in [-0.3, -0.25) is 39.0 Å². The lowest BCUT2D eigenvalue weighted by Crippen LogP contribution is -2.54. The summed E-state index contributed by atoms with van der Waals surface area (Å²) in [6.07, 6.45) is 0.915. The van der Waals surface area contributed by atoms with E-state index in [1.165, 1.54) is 18.1 Å². The molecule has 0 bridgehead atoms. The van der Waals surface area contributed by atoms with Gasteiger partial charge in [-0.25, -0.2) is 12.7 Å². The van der Waals surface area contributed by atoms with E-state index in [1.807, 2.05) is 13.0 Å². The van der Waals surface area contributed by atoms with Crippen LogP contribution in [0.2, 0.25) is 0 Å². The zero-order chi connectivity index (χ0) is 39.1. The molecule has 55 heavy (non-hydrogen) atoms. The number of imide groups is 2. The number of hydrogen-bond acceptors (Lipinski definition) is 10. The Bertz CT molecular complexity index is 2390. The molecule has 16 heteroatoms. The van der Waals surface area contributed by atoms with Crippen molar-refractivity contribution in [2.75, 3.05) is 35.2 Å². The molecule has 0 saturated carbocycles. The van der Waals surface area contributed by atoms with Crippen LogP contribution in [0.4, 0.5) is 22.7 Å². The number of benzene rings is 4. The number of carbonyl (C=O) groups is 6. The van der Waals surface area contributed by atoms with Crippen molar-refractivity contribution in [3.63, 3.8) is 0 Å². The average molecular weight is 767 g/mol. The van der Waals surface area contributed by atoms with E-state index in [4.69, 9.17) is 4.74 Å². The Labute approximate surface area is 317 Å². The molecule has 6 amide bonds. The predicted octanol–water partition coefficient (Wildman–Crippen LogP) is 3.44. The molecule has 284 valence electrons. The second kappa shape index (κ2) is 14.9. The van der Waals surface area contributed by atoms with E-state index in [9.17, 15) is 37.2 Å². The summed E-state index contributed by atoms with van der Waals surface area (Å²) in [5.74, 6) is -2.46. The maximum atomic E-state index is 13.4. The molecule has 15 nitrogen and oxygen atoms in total. The van der Waals surface area contributed by atoms with Crippen LogP contribution in [0.15, 0.2) is 66.7 Å². The summed E-state index contributed by atoms with van der Waals surface area (Å²) in [4.78, 5) is 79.5. The number of methoxy groups -OCH3 is 1. The Hall–Kier alpha value is -6.29. The highest BCUT2D eigenvalue weighted by Gasteiger charge is 2.45. The minimum atomic E-state index is -3.18. The summed E-state index contributed by atoms with van der Waals surface area (Å²) < 4.78 is 32.2. The fourth-order valence-corrected chi connectivity index (χ4v) is 8.13. The quantitative estimate of drug-likeness (QED) is 0.116. The minimum absolute atomic E-state index is 0.0234. The average Bonchev–Trinajstić information content (AvgIpc) is 3.56. The first kappa shape index (κ1) is 37.0. The fraction of sp³-hybridized carbons (Fsp3) is 0.282. The lowest BCUT2D eigenvalue weighted by atomic mass is 9.97. The van der Waals surface area contributed by atoms with Crippen molar-refractivity contribution < 1.29 is 41.9 Å². The molecule has 1 fully saturated rings. The zero-order valence-electron chi connectivity index (χ0n) is 30.2. The highest BCUT2D eigenvalue weighted by atomic mass is 32.2. The highest BCUT2D eigenvalue weighted by Crippen LogP contribution is 2.45. The smallest absolute Gasteiger partial charge is 0.264 e. The van der Waals surface area contributed by atoms with Crippen LogP contribution in [0.1, 0.15) is 69.2 Å². The number of amides is 6. The standard InChI is InChI=1S/C39H38N6O9S/c1-21(41-26-8-6-7-23-35(26)39(51)44(38(23)50)30-14-16-33(47)42-36(30)48)17-18-40-32(46)15-11-22-19-24-27(12-13-29-34(24)25(20-22)37(49)43(29)2)45(55(52)53)28-9-4-5-10-31(28)54-3/h4-10,12-13,19-21,30,41,55H,11,14-18H2,1-3H3,(H,40,46)(H,42,47,48). The van der Waals surface area contributed by atoms with Crippen molar-refractivity contribution >= 4 is 79.9 Å². The summed E-state index contributed by atoms with van der Waals surface area (Å²) in [5.41, 5.74) is 3.14. The van der Waals surface area contributed by atoms with Gasteiger partial charge in [0.2, 0.25) is 28.6 Å². The Balaban J connectivity index is 1.02. The van der Waals surface area contributed by atoms with Crippen molar-refractivity contribution in [2.24, 2.45) is 0 Å². The maximum absolute atomic E-state index is 13.4. The summed E-state index contributed by atoms with van der Waals surface area (Å²) in [7, 11) is -0.0641. The number of rotatable bonds is 13. The fourth-order valence-electron chi connectivity index (χ4n) is 7.44. The number of hydrogen-bond donors (Lipinski definition) is 4. The van der Waals surface area contributed by atoms with Gasteiger partial charge in [0.15, 0.2) is 0 Å². The van der Waals surface area contributed by atoms with E-state index in [0.29, 0.717) is 63.4 Å². The summed E-state index contributed by atoms with van der Waals surface area (Å²) >= 11 is 0. The number of thiol groups is 1. The van der Waals surface area contributed by atoms with Crippen LogP contribution in [0.5, 0.6) is 5.75 Å². The molecule has 0 radical (unpaired) electrons. The Kier molecular flexibility index (Phi) is 10.0. The molecule has 0 aromatic heterocycles. The third-order valence-corrected chi connectivity index (χ3v) is 10.9. The SMILES string of the molecule is COc1ccccc1N(c1ccc2c3c(cc(CCC(=O)NCCC(C)Nc4cccc5c4C(=O)N(C4CCC(=O)NC4=O)C5=O)cc13)C(=O)N2C)[SH](=O)=O. The van der Waals surface area contributed by atoms with Gasteiger partial charge in [0.1, 0.15) is 11.8 Å². The molecule has 4 aromatic carbocycles. The van der Waals surface area contributed by atoms with Gasteiger partial charge in [-0.2, -0.15) is 0 Å². The van der Waals surface area contributed by atoms with Crippen LogP contribution >= 0.6 is 0 Å². The maximum Gasteiger partial charge on any atom is 0.264 e. The van der Waals surface area contributed by atoms with Gasteiger partial charge in [-0.15, -0.1) is 0 Å². The highest BCUT2D eigenvalue weighted by molar-refractivity contribution is 7.74. The molecule has 3 aliphatic heterocycles. The number of nitrogens with one attached hydrogen (secondary N) is 3. The molecule has 0 spiro atoms. The lowest BCUT2D eigenvalue weighted by molar-refractivity contribution is -0.136. The second-order valence-electron chi connectivity index (χ2n) is 13.6. The van der Waals surface area contributed by atoms with E-state index in [1.54, 1.807) is 61.6 Å². The molecule has 3 heterocycles. The number of carbonyl (C=O) groups excluding carboxylic acids is 6. The molecule has 2 unspecified atom stereocenters. The van der Waals surface area contributed by atoms with Crippen molar-refractivity contribution in [2.45, 2.75) is 51.1 Å². The van der Waals surface area contributed by atoms with Gasteiger partial charge in [-0.1, -0.05) is 18.2 Å². The first-order valence-corrected chi connectivity index (χ1v) is 18.9. The first-order chi connectivity index (χ1) is 26.4. The van der Waals surface area contributed by atoms with Crippen LogP contribution in [0, 0.1) is 0 Å². The van der Waals surface area contributed by atoms with E-state index in [-0.39, 0.29) is 54.7 Å². The lowest BCUT2D eigenvalue weighted by Gasteiger charge is -2.28. The molecule has 7 rings (SSSR count). The van der Waals surface area contributed by atoms with Crippen LogP contribution in [0.3, 0.4) is 0 Å². The first-order valence-electron chi connectivity index (χ1n) is 17.7. The third-order valence-electron chi connectivity index (χ3n) is 10.1. The zero-order valence-corrected chi connectivity index (χ0v) is 31.1. The molecule has 1 saturated heterocycles. The molecule has 0 aliphatic carbocycles. The molecule has 3 N–H and O–H groups in total. The van der Waals surface area contributed by atoms with E-state index < -0.39 is 40.6 Å². The van der Waals surface area contributed by atoms with Gasteiger partial charge in [0, 0.05) is 48.9 Å². The van der Waals surface area contributed by atoms with Gasteiger partial charge < -0.3 is 20.3 Å². The van der Waals surface area contributed by atoms with Gasteiger partial charge in [-0.05, 0) is 80.3 Å². The van der Waals surface area contributed by atoms with Crippen LogP contribution in [0.25, 0.3) is 10.8 Å². The molecule has 2 atom stereocenters. The summed E-state index contributed by atoms with van der Waals surface area (Å²) in [5, 5.41) is 9.52. The van der Waals surface area contributed by atoms with Crippen molar-refractivity contribution in [1.82, 2.24) is 15.5 Å². The number of fused-ring (bicyclic) bond motifs is 1. The van der Waals surface area contributed by atoms with Crippen LogP contribution in [-0.4, -0.2) is 81.5 Å². The normalized spacial score (nSPS) is 16.8. The van der Waals surface area contributed by atoms with Gasteiger partial charge in [0.25, 0.3) is 17.7 Å². The summed E-state index contributed by atoms with van der Waals surface area (Å²) in [6.45, 7) is 2.16. The number of aryl methyl sites for hydroxylation is 1. The molecular formula is C39H38N6O9S. The molecular weight excluding hydrogens is 729 g/mol. The van der Waals surface area contributed by atoms with E-state index >= 15 is 0 Å². The summed E-state index contributed by atoms with van der Waals surface area (Å²) in [6, 6.07) is 17.2. The second-order valence-corrected chi connectivity index (χ2v) is 14.5. The third kappa shape index (κ3) is 6.73. The minimum Gasteiger partial charge on any atom is -0.495 e. The van der Waals surface area contributed by atoms with Crippen molar-refractivity contribution in [3.8, 4) is 5.75 Å². The van der Waals surface area contributed by atoms with Crippen LogP contribution < -0.4 is 29.9 Å². The largest absolute Gasteiger partial charge is 0.495 e. The van der Waals surface area contributed by atoms with Crippen molar-refractivity contribution in [1.29, 1.82) is 0 Å². The predicted molar refractivity (Wildman–Crippen MR) is 204 cm³/mol. The van der Waals surface area contributed by atoms with Crippen LogP contribution in [-0.2, 0) is 31.7 Å². The van der Waals surface area contributed by atoms with Gasteiger partial charge in [0.05, 0.1) is 40.9 Å². The molecule has 3 aliphatic rings. The van der Waals surface area contributed by atoms with Crippen molar-refractivity contribution in [3.05, 3.63) is 89.0 Å². The Morgan fingerprint density at radius 2 is 1.75 bits per heavy atom. The Morgan fingerprint density at radius 3 is 2.49 bits per heavy atom. The molecule has 4 aromatic rings. The number of anilines is 4. The Morgan fingerprint density at radius 1 is 0.964 bits per heavy atom. The van der Waals surface area contributed by atoms with Gasteiger partial charge >= 0.3 is 0 Å². The number of piperidine rings is 1. The van der Waals surface area contributed by atoms with E-state index in [2.05, 4.69) is 16.0 Å². The topological polar surface area (TPSA) is 192 Å². The van der Waals surface area contributed by atoms with E-state index in [0.717, 1.165) is 9.21 Å². The number of para-hydroxylation sites is 2. The monoisotopic (exact) mass is 766 g/mol.